The Balaban J connectivity index is 2.16. The van der Waals surface area contributed by atoms with Crippen LogP contribution >= 0.6 is 0 Å². The van der Waals surface area contributed by atoms with Crippen LogP contribution < -0.4 is 5.32 Å². The molecule has 0 heterocycles. The van der Waals surface area contributed by atoms with Gasteiger partial charge in [0.05, 0.1) is 5.56 Å². The lowest BCUT2D eigenvalue weighted by Crippen LogP contribution is -2.16. The summed E-state index contributed by atoms with van der Waals surface area (Å²) < 4.78 is 0. The maximum absolute atomic E-state index is 11.0. The van der Waals surface area contributed by atoms with Gasteiger partial charge in [-0.25, -0.2) is 4.79 Å². The highest BCUT2D eigenvalue weighted by Gasteiger charge is 2.22. The average molecular weight is 233 g/mol. The molecule has 0 bridgehead atoms. The molecule has 1 saturated carbocycles. The topological polar surface area (TPSA) is 49.3 Å². The van der Waals surface area contributed by atoms with E-state index in [1.54, 1.807) is 12.1 Å². The lowest BCUT2D eigenvalue weighted by Gasteiger charge is -2.17. The summed E-state index contributed by atoms with van der Waals surface area (Å²) in [6, 6.07) is 5.91. The van der Waals surface area contributed by atoms with Gasteiger partial charge in [-0.3, -0.25) is 0 Å². The zero-order chi connectivity index (χ0) is 12.4. The molecule has 0 spiro atoms. The molecule has 0 radical (unpaired) electrons. The molecule has 2 atom stereocenters. The number of anilines is 1. The molecule has 2 N–H and O–H groups in total. The van der Waals surface area contributed by atoms with E-state index in [4.69, 9.17) is 5.11 Å². The van der Waals surface area contributed by atoms with Crippen molar-refractivity contribution >= 4 is 11.7 Å². The Bertz CT molecular complexity index is 428. The second-order valence-corrected chi connectivity index (χ2v) is 5.04. The van der Waals surface area contributed by atoms with Crippen molar-refractivity contribution in [2.24, 2.45) is 5.92 Å². The average Bonchev–Trinajstić information content (AvgIpc) is 2.67. The SMILES string of the molecule is Cc1c(NC2CCC(C)C2)cccc1C(=O)O. The van der Waals surface area contributed by atoms with Gasteiger partial charge in [0.25, 0.3) is 0 Å². The van der Waals surface area contributed by atoms with Gasteiger partial charge in [-0.2, -0.15) is 0 Å². The molecule has 1 fully saturated rings. The van der Waals surface area contributed by atoms with Crippen LogP contribution in [0.4, 0.5) is 5.69 Å². The summed E-state index contributed by atoms with van der Waals surface area (Å²) >= 11 is 0. The number of rotatable bonds is 3. The summed E-state index contributed by atoms with van der Waals surface area (Å²) in [5.41, 5.74) is 2.18. The predicted molar refractivity (Wildman–Crippen MR) is 68.6 cm³/mol. The first-order chi connectivity index (χ1) is 8.08. The van der Waals surface area contributed by atoms with E-state index in [-0.39, 0.29) is 0 Å². The van der Waals surface area contributed by atoms with E-state index >= 15 is 0 Å². The molecular weight excluding hydrogens is 214 g/mol. The predicted octanol–water partition coefficient (Wildman–Crippen LogP) is 3.29. The number of carbonyl (C=O) groups is 1. The maximum Gasteiger partial charge on any atom is 0.336 e. The van der Waals surface area contributed by atoms with Crippen LogP contribution in [0.25, 0.3) is 0 Å². The van der Waals surface area contributed by atoms with Crippen LogP contribution in [0, 0.1) is 12.8 Å². The van der Waals surface area contributed by atoms with Crippen molar-refractivity contribution in [3.63, 3.8) is 0 Å². The van der Waals surface area contributed by atoms with Crippen LogP contribution in [0.1, 0.15) is 42.1 Å². The molecule has 3 nitrogen and oxygen atoms in total. The summed E-state index contributed by atoms with van der Waals surface area (Å²) in [5, 5.41) is 12.5. The fraction of sp³-hybridized carbons (Fsp3) is 0.500. The van der Waals surface area contributed by atoms with Crippen molar-refractivity contribution in [1.29, 1.82) is 0 Å². The quantitative estimate of drug-likeness (QED) is 0.842. The first kappa shape index (κ1) is 12.0. The number of hydrogen-bond acceptors (Lipinski definition) is 2. The second-order valence-electron chi connectivity index (χ2n) is 5.04. The van der Waals surface area contributed by atoms with E-state index in [0.717, 1.165) is 17.2 Å². The highest BCUT2D eigenvalue weighted by Crippen LogP contribution is 2.29. The molecule has 0 amide bonds. The van der Waals surface area contributed by atoms with Crippen LogP contribution in [0.5, 0.6) is 0 Å². The zero-order valence-corrected chi connectivity index (χ0v) is 10.4. The van der Waals surface area contributed by atoms with E-state index in [2.05, 4.69) is 12.2 Å². The van der Waals surface area contributed by atoms with Crippen molar-refractivity contribution in [2.75, 3.05) is 5.32 Å². The molecule has 1 aromatic rings. The van der Waals surface area contributed by atoms with Crippen LogP contribution in [-0.4, -0.2) is 17.1 Å². The third kappa shape index (κ3) is 2.60. The molecule has 2 rings (SSSR count). The number of aromatic carboxylic acids is 1. The Kier molecular flexibility index (Phi) is 3.36. The molecule has 1 aliphatic rings. The number of benzene rings is 1. The van der Waals surface area contributed by atoms with E-state index in [9.17, 15) is 4.79 Å². The van der Waals surface area contributed by atoms with Crippen LogP contribution in [0.3, 0.4) is 0 Å². The minimum atomic E-state index is -0.856. The van der Waals surface area contributed by atoms with Gasteiger partial charge in [-0.05, 0) is 49.8 Å². The van der Waals surface area contributed by atoms with Crippen LogP contribution in [0.15, 0.2) is 18.2 Å². The molecule has 2 unspecified atom stereocenters. The minimum Gasteiger partial charge on any atom is -0.478 e. The molecule has 0 aliphatic heterocycles. The Morgan fingerprint density at radius 1 is 1.41 bits per heavy atom. The number of hydrogen-bond donors (Lipinski definition) is 2. The first-order valence-corrected chi connectivity index (χ1v) is 6.17. The molecule has 17 heavy (non-hydrogen) atoms. The Labute approximate surface area is 102 Å². The van der Waals surface area contributed by atoms with Crippen molar-refractivity contribution in [3.05, 3.63) is 29.3 Å². The summed E-state index contributed by atoms with van der Waals surface area (Å²) in [6.07, 6.45) is 3.62. The summed E-state index contributed by atoms with van der Waals surface area (Å²) in [4.78, 5) is 11.0. The van der Waals surface area contributed by atoms with Crippen LogP contribution in [-0.2, 0) is 0 Å². The summed E-state index contributed by atoms with van der Waals surface area (Å²) in [6.45, 7) is 4.13. The molecule has 0 aromatic heterocycles. The fourth-order valence-corrected chi connectivity index (χ4v) is 2.58. The first-order valence-electron chi connectivity index (χ1n) is 6.17. The highest BCUT2D eigenvalue weighted by molar-refractivity contribution is 5.91. The van der Waals surface area contributed by atoms with Crippen molar-refractivity contribution in [3.8, 4) is 0 Å². The largest absolute Gasteiger partial charge is 0.478 e. The molecule has 0 saturated heterocycles. The van der Waals surface area contributed by atoms with Gasteiger partial charge in [0.15, 0.2) is 0 Å². The molecule has 92 valence electrons. The lowest BCUT2D eigenvalue weighted by molar-refractivity contribution is 0.0696. The third-order valence-electron chi connectivity index (χ3n) is 3.62. The smallest absolute Gasteiger partial charge is 0.336 e. The van der Waals surface area contributed by atoms with Gasteiger partial charge in [0.2, 0.25) is 0 Å². The van der Waals surface area contributed by atoms with E-state index in [0.29, 0.717) is 11.6 Å². The molecule has 1 aromatic carbocycles. The van der Waals surface area contributed by atoms with Crippen LogP contribution in [0.2, 0.25) is 0 Å². The van der Waals surface area contributed by atoms with Gasteiger partial charge < -0.3 is 10.4 Å². The molecule has 1 aliphatic carbocycles. The highest BCUT2D eigenvalue weighted by atomic mass is 16.4. The zero-order valence-electron chi connectivity index (χ0n) is 10.4. The third-order valence-corrected chi connectivity index (χ3v) is 3.62. The summed E-state index contributed by atoms with van der Waals surface area (Å²) in [7, 11) is 0. The Hall–Kier alpha value is -1.51. The number of carboxylic acids is 1. The fourth-order valence-electron chi connectivity index (χ4n) is 2.58. The van der Waals surface area contributed by atoms with Gasteiger partial charge in [0, 0.05) is 11.7 Å². The summed E-state index contributed by atoms with van der Waals surface area (Å²) in [5.74, 6) is -0.0820. The van der Waals surface area contributed by atoms with E-state index < -0.39 is 5.97 Å². The normalized spacial score (nSPS) is 23.6. The van der Waals surface area contributed by atoms with Crippen molar-refractivity contribution in [1.82, 2.24) is 0 Å². The van der Waals surface area contributed by atoms with Gasteiger partial charge in [-0.1, -0.05) is 13.0 Å². The second kappa shape index (κ2) is 4.78. The van der Waals surface area contributed by atoms with Gasteiger partial charge >= 0.3 is 5.97 Å². The van der Waals surface area contributed by atoms with Crippen molar-refractivity contribution < 1.29 is 9.90 Å². The standard InChI is InChI=1S/C14H19NO2/c1-9-6-7-11(8-9)15-13-5-3-4-12(10(13)2)14(16)17/h3-5,9,11,15H,6-8H2,1-2H3,(H,16,17). The van der Waals surface area contributed by atoms with E-state index in [1.807, 2.05) is 13.0 Å². The Morgan fingerprint density at radius 3 is 2.76 bits per heavy atom. The number of nitrogens with one attached hydrogen (secondary N) is 1. The lowest BCUT2D eigenvalue weighted by atomic mass is 10.1. The minimum absolute atomic E-state index is 0.390. The monoisotopic (exact) mass is 233 g/mol. The molecule has 3 heteroatoms. The maximum atomic E-state index is 11.0. The van der Waals surface area contributed by atoms with Gasteiger partial charge in [0.1, 0.15) is 0 Å². The Morgan fingerprint density at radius 2 is 2.18 bits per heavy atom. The van der Waals surface area contributed by atoms with Crippen molar-refractivity contribution in [2.45, 2.75) is 39.2 Å². The number of carboxylic acid groups (broad SMARTS) is 1. The van der Waals surface area contributed by atoms with Gasteiger partial charge in [-0.15, -0.1) is 0 Å². The van der Waals surface area contributed by atoms with E-state index in [1.165, 1.54) is 19.3 Å². The molecular formula is C14H19NO2.